The first-order chi connectivity index (χ1) is 15.5. The van der Waals surface area contributed by atoms with Crippen LogP contribution in [0.15, 0.2) is 35.0 Å². The van der Waals surface area contributed by atoms with Gasteiger partial charge in [0.1, 0.15) is 0 Å². The van der Waals surface area contributed by atoms with E-state index >= 15 is 0 Å². The molecule has 0 saturated carbocycles. The van der Waals surface area contributed by atoms with E-state index in [0.717, 1.165) is 30.9 Å². The van der Waals surface area contributed by atoms with E-state index in [0.29, 0.717) is 29.0 Å². The van der Waals surface area contributed by atoms with Gasteiger partial charge in [0, 0.05) is 23.8 Å². The number of hydrogen-bond donors (Lipinski definition) is 1. The van der Waals surface area contributed by atoms with Crippen LogP contribution in [0.1, 0.15) is 55.4 Å². The molecule has 3 heterocycles. The van der Waals surface area contributed by atoms with E-state index < -0.39 is 0 Å². The molecule has 0 unspecified atom stereocenters. The topological polar surface area (TPSA) is 89.1 Å². The molecule has 9 heteroatoms. The van der Waals surface area contributed by atoms with E-state index in [2.05, 4.69) is 32.4 Å². The molecular formula is C23H29ClN6O2. The van der Waals surface area contributed by atoms with E-state index in [1.165, 1.54) is 25.7 Å². The quantitative estimate of drug-likeness (QED) is 0.571. The summed E-state index contributed by atoms with van der Waals surface area (Å²) >= 11 is 5.96. The summed E-state index contributed by atoms with van der Waals surface area (Å²) in [5.41, 5.74) is 2.31. The lowest BCUT2D eigenvalue weighted by molar-refractivity contribution is 0.0904. The Bertz CT molecular complexity index is 1040. The summed E-state index contributed by atoms with van der Waals surface area (Å²) in [4.78, 5) is 19.3. The van der Waals surface area contributed by atoms with Crippen LogP contribution in [0.4, 0.5) is 0 Å². The summed E-state index contributed by atoms with van der Waals surface area (Å²) in [7, 11) is 0. The molecule has 0 radical (unpaired) electrons. The van der Waals surface area contributed by atoms with E-state index in [-0.39, 0.29) is 11.8 Å². The zero-order valence-electron chi connectivity index (χ0n) is 18.6. The van der Waals surface area contributed by atoms with Crippen molar-refractivity contribution >= 4 is 17.5 Å². The normalized spacial score (nSPS) is 16.0. The van der Waals surface area contributed by atoms with Gasteiger partial charge in [0.15, 0.2) is 0 Å². The molecule has 1 aliphatic heterocycles. The summed E-state index contributed by atoms with van der Waals surface area (Å²) < 4.78 is 6.94. The molecule has 8 nitrogen and oxygen atoms in total. The lowest BCUT2D eigenvalue weighted by Gasteiger charge is -2.27. The molecule has 1 amide bonds. The van der Waals surface area contributed by atoms with Gasteiger partial charge in [0.05, 0.1) is 16.9 Å². The predicted molar refractivity (Wildman–Crippen MR) is 123 cm³/mol. The number of carbonyl (C=O) groups excluding carboxylic acids is 1. The number of hydrogen-bond acceptors (Lipinski definition) is 6. The second-order valence-electron chi connectivity index (χ2n) is 8.32. The Morgan fingerprint density at radius 3 is 2.62 bits per heavy atom. The largest absolute Gasteiger partial charge is 0.348 e. The maximum absolute atomic E-state index is 12.5. The zero-order chi connectivity index (χ0) is 22.5. The van der Waals surface area contributed by atoms with Crippen molar-refractivity contribution in [3.8, 4) is 17.1 Å². The van der Waals surface area contributed by atoms with Crippen LogP contribution in [-0.4, -0.2) is 56.4 Å². The van der Waals surface area contributed by atoms with Gasteiger partial charge in [-0.15, -0.1) is 0 Å². The van der Waals surface area contributed by atoms with Crippen LogP contribution in [0.5, 0.6) is 0 Å². The number of likely N-dealkylation sites (tertiary alicyclic amines) is 1. The highest BCUT2D eigenvalue weighted by molar-refractivity contribution is 6.30. The molecule has 1 aliphatic rings. The van der Waals surface area contributed by atoms with E-state index in [9.17, 15) is 4.79 Å². The number of amides is 1. The molecule has 4 rings (SSSR count). The number of nitrogens with zero attached hydrogens (tertiary/aromatic N) is 5. The summed E-state index contributed by atoms with van der Waals surface area (Å²) in [6, 6.07) is 7.80. The molecule has 0 spiro atoms. The van der Waals surface area contributed by atoms with E-state index in [1.54, 1.807) is 16.8 Å². The minimum Gasteiger partial charge on any atom is -0.348 e. The van der Waals surface area contributed by atoms with Crippen LogP contribution in [0, 0.1) is 6.92 Å². The van der Waals surface area contributed by atoms with Gasteiger partial charge in [-0.1, -0.05) is 29.6 Å². The summed E-state index contributed by atoms with van der Waals surface area (Å²) in [5.74, 6) is -0.0542. The molecular weight excluding hydrogens is 428 g/mol. The van der Waals surface area contributed by atoms with Crippen molar-refractivity contribution in [3.05, 3.63) is 47.1 Å². The Balaban J connectivity index is 1.35. The van der Waals surface area contributed by atoms with Crippen molar-refractivity contribution in [3.63, 3.8) is 0 Å². The fourth-order valence-corrected chi connectivity index (χ4v) is 4.15. The number of benzene rings is 1. The smallest absolute Gasteiger partial charge is 0.316 e. The molecule has 0 bridgehead atoms. The SMILES string of the molecule is Cc1nn(-c2ccc(Cl)cc2)cc1-c1noc(C(=O)NCC[C@H](C)N2CCCCCC2)n1. The highest BCUT2D eigenvalue weighted by Crippen LogP contribution is 2.22. The van der Waals surface area contributed by atoms with Crippen LogP contribution in [0.25, 0.3) is 17.1 Å². The summed E-state index contributed by atoms with van der Waals surface area (Å²) in [5, 5.41) is 12.1. The monoisotopic (exact) mass is 456 g/mol. The minimum atomic E-state index is -0.352. The molecule has 1 fully saturated rings. The molecule has 2 aromatic heterocycles. The molecule has 1 aromatic carbocycles. The van der Waals surface area contributed by atoms with Crippen LogP contribution < -0.4 is 5.32 Å². The first-order valence-corrected chi connectivity index (χ1v) is 11.6. The Morgan fingerprint density at radius 2 is 1.91 bits per heavy atom. The lowest BCUT2D eigenvalue weighted by atomic mass is 10.2. The number of carbonyl (C=O) groups is 1. The third-order valence-corrected chi connectivity index (χ3v) is 6.21. The standard InChI is InChI=1S/C23H29ClN6O2/c1-16(29-13-5-3-4-6-14-29)11-12-25-22(31)23-26-21(28-32-23)20-15-30(27-17(20)2)19-9-7-18(24)8-10-19/h7-10,15-16H,3-6,11-14H2,1-2H3,(H,25,31)/t16-/m0/s1. The maximum atomic E-state index is 12.5. The average molecular weight is 457 g/mol. The van der Waals surface area contributed by atoms with Crippen molar-refractivity contribution < 1.29 is 9.32 Å². The molecule has 1 N–H and O–H groups in total. The highest BCUT2D eigenvalue weighted by atomic mass is 35.5. The molecule has 0 aliphatic carbocycles. The van der Waals surface area contributed by atoms with Gasteiger partial charge in [0.25, 0.3) is 0 Å². The Morgan fingerprint density at radius 1 is 1.19 bits per heavy atom. The van der Waals surface area contributed by atoms with Gasteiger partial charge in [-0.25, -0.2) is 4.68 Å². The van der Waals surface area contributed by atoms with Gasteiger partial charge >= 0.3 is 11.8 Å². The molecule has 3 aromatic rings. The first-order valence-electron chi connectivity index (χ1n) is 11.2. The van der Waals surface area contributed by atoms with Crippen molar-refractivity contribution in [2.75, 3.05) is 19.6 Å². The maximum Gasteiger partial charge on any atom is 0.316 e. The van der Waals surface area contributed by atoms with Gasteiger partial charge in [-0.05, 0) is 70.5 Å². The fourth-order valence-electron chi connectivity index (χ4n) is 4.02. The van der Waals surface area contributed by atoms with Crippen LogP contribution >= 0.6 is 11.6 Å². The lowest BCUT2D eigenvalue weighted by Crippen LogP contribution is -2.37. The Kier molecular flexibility index (Phi) is 7.22. The van der Waals surface area contributed by atoms with Crippen LogP contribution in [0.3, 0.4) is 0 Å². The number of aromatic nitrogens is 4. The third-order valence-electron chi connectivity index (χ3n) is 5.96. The van der Waals surface area contributed by atoms with Crippen molar-refractivity contribution in [1.82, 2.24) is 30.1 Å². The predicted octanol–water partition coefficient (Wildman–Crippen LogP) is 4.27. The number of rotatable bonds is 7. The number of aryl methyl sites for hydroxylation is 1. The van der Waals surface area contributed by atoms with E-state index in [4.69, 9.17) is 16.1 Å². The Labute approximate surface area is 192 Å². The van der Waals surface area contributed by atoms with Crippen molar-refractivity contribution in [2.24, 2.45) is 0 Å². The van der Waals surface area contributed by atoms with E-state index in [1.807, 2.05) is 25.3 Å². The first kappa shape index (κ1) is 22.5. The van der Waals surface area contributed by atoms with Crippen LogP contribution in [-0.2, 0) is 0 Å². The second kappa shape index (κ2) is 10.3. The summed E-state index contributed by atoms with van der Waals surface area (Å²) in [6.45, 7) is 6.95. The average Bonchev–Trinajstić information content (AvgIpc) is 3.32. The number of halogens is 1. The summed E-state index contributed by atoms with van der Waals surface area (Å²) in [6.07, 6.45) is 7.85. The zero-order valence-corrected chi connectivity index (χ0v) is 19.3. The van der Waals surface area contributed by atoms with Gasteiger partial charge in [-0.2, -0.15) is 10.1 Å². The Hall–Kier alpha value is -2.71. The minimum absolute atomic E-state index is 0.0407. The van der Waals surface area contributed by atoms with Gasteiger partial charge < -0.3 is 14.7 Å². The van der Waals surface area contributed by atoms with Crippen molar-refractivity contribution in [1.29, 1.82) is 0 Å². The molecule has 32 heavy (non-hydrogen) atoms. The second-order valence-corrected chi connectivity index (χ2v) is 8.75. The molecule has 1 atom stereocenters. The highest BCUT2D eigenvalue weighted by Gasteiger charge is 2.20. The molecule has 1 saturated heterocycles. The number of nitrogens with one attached hydrogen (secondary N) is 1. The third kappa shape index (κ3) is 5.37. The van der Waals surface area contributed by atoms with Gasteiger partial charge in [-0.3, -0.25) is 4.79 Å². The fraction of sp³-hybridized carbons (Fsp3) is 0.478. The van der Waals surface area contributed by atoms with Crippen LogP contribution in [0.2, 0.25) is 5.02 Å². The van der Waals surface area contributed by atoms with Gasteiger partial charge in [0.2, 0.25) is 5.82 Å². The molecule has 170 valence electrons. The van der Waals surface area contributed by atoms with Crippen molar-refractivity contribution in [2.45, 2.75) is 52.0 Å².